The number of halogens is 6. The smallest absolute Gasteiger partial charge is 0.403 e. The van der Waals surface area contributed by atoms with Gasteiger partial charge in [0.1, 0.15) is 0 Å². The van der Waals surface area contributed by atoms with E-state index in [0.717, 1.165) is 0 Å². The van der Waals surface area contributed by atoms with Gasteiger partial charge in [0, 0.05) is 0 Å². The maximum absolute atomic E-state index is 12.7. The van der Waals surface area contributed by atoms with Crippen LogP contribution in [-0.2, 0) is 6.42 Å². The van der Waals surface area contributed by atoms with Crippen LogP contribution in [0.1, 0.15) is 17.7 Å². The second-order valence-electron chi connectivity index (χ2n) is 2.98. The van der Waals surface area contributed by atoms with Crippen molar-refractivity contribution in [3.63, 3.8) is 0 Å². The number of nitriles is 1. The maximum atomic E-state index is 12.7. The molecule has 0 saturated heterocycles. The van der Waals surface area contributed by atoms with Crippen LogP contribution in [0.15, 0.2) is 10.7 Å². The Morgan fingerprint density at radius 2 is 2.06 bits per heavy atom. The molecular weight excluding hydrogens is 327 g/mol. The Bertz CT molecular complexity index is 483. The number of pyridine rings is 1. The fourth-order valence-electron chi connectivity index (χ4n) is 1.16. The summed E-state index contributed by atoms with van der Waals surface area (Å²) in [6.45, 7) is 0. The topological polar surface area (TPSA) is 45.9 Å². The number of nitrogens with zero attached hydrogens (tertiary/aromatic N) is 2. The maximum Gasteiger partial charge on any atom is 0.573 e. The minimum absolute atomic E-state index is 0.297. The van der Waals surface area contributed by atoms with Crippen molar-refractivity contribution in [2.24, 2.45) is 0 Å². The molecule has 0 atom stereocenters. The van der Waals surface area contributed by atoms with Crippen LogP contribution in [0.2, 0.25) is 0 Å². The van der Waals surface area contributed by atoms with E-state index in [1.807, 2.05) is 0 Å². The predicted octanol–water partition coefficient (Wildman–Crippen LogP) is 3.75. The lowest BCUT2D eigenvalue weighted by Crippen LogP contribution is -2.18. The molecule has 18 heavy (non-hydrogen) atoms. The van der Waals surface area contributed by atoms with E-state index in [4.69, 9.17) is 5.26 Å². The van der Waals surface area contributed by atoms with Crippen molar-refractivity contribution in [2.45, 2.75) is 19.2 Å². The molecule has 0 aliphatic rings. The zero-order valence-electron chi connectivity index (χ0n) is 8.43. The van der Waals surface area contributed by atoms with Crippen molar-refractivity contribution in [3.05, 3.63) is 21.9 Å². The Hall–Kier alpha value is -1.43. The average Bonchev–Trinajstić information content (AvgIpc) is 2.20. The van der Waals surface area contributed by atoms with Gasteiger partial charge in [0.2, 0.25) is 0 Å². The van der Waals surface area contributed by atoms with Crippen LogP contribution < -0.4 is 4.74 Å². The van der Waals surface area contributed by atoms with E-state index in [0.29, 0.717) is 6.20 Å². The van der Waals surface area contributed by atoms with Crippen LogP contribution in [0.5, 0.6) is 5.75 Å². The van der Waals surface area contributed by atoms with Crippen molar-refractivity contribution >= 4 is 15.9 Å². The molecule has 1 heterocycles. The molecule has 0 N–H and O–H groups in total. The lowest BCUT2D eigenvalue weighted by atomic mass is 10.1. The van der Waals surface area contributed by atoms with Gasteiger partial charge in [-0.2, -0.15) is 5.26 Å². The van der Waals surface area contributed by atoms with Gasteiger partial charge in [-0.1, -0.05) is 0 Å². The third kappa shape index (κ3) is 3.53. The first-order valence-corrected chi connectivity index (χ1v) is 5.13. The van der Waals surface area contributed by atoms with Gasteiger partial charge in [0.25, 0.3) is 6.43 Å². The molecule has 0 saturated carbocycles. The number of hydrogen-bond donors (Lipinski definition) is 0. The third-order valence-corrected chi connectivity index (χ3v) is 2.61. The fourth-order valence-corrected chi connectivity index (χ4v) is 1.74. The highest BCUT2D eigenvalue weighted by molar-refractivity contribution is 9.10. The SMILES string of the molecule is N#CCc1ncc(OC(F)(F)F)c(Br)c1C(F)F. The Labute approximate surface area is 106 Å². The van der Waals surface area contributed by atoms with Gasteiger partial charge in [-0.3, -0.25) is 4.98 Å². The first kappa shape index (κ1) is 14.6. The summed E-state index contributed by atoms with van der Waals surface area (Å²) in [6.07, 6.45) is -7.90. The molecule has 0 amide bonds. The minimum atomic E-state index is -5.01. The molecule has 0 aliphatic carbocycles. The van der Waals surface area contributed by atoms with E-state index in [1.165, 1.54) is 0 Å². The van der Waals surface area contributed by atoms with Crippen LogP contribution in [0, 0.1) is 11.3 Å². The van der Waals surface area contributed by atoms with Crippen LogP contribution in [0.25, 0.3) is 0 Å². The quantitative estimate of drug-likeness (QED) is 0.793. The molecule has 0 spiro atoms. The van der Waals surface area contributed by atoms with Crippen molar-refractivity contribution < 1.29 is 26.7 Å². The Morgan fingerprint density at radius 3 is 2.50 bits per heavy atom. The number of aromatic nitrogens is 1. The normalized spacial score (nSPS) is 11.4. The van der Waals surface area contributed by atoms with Gasteiger partial charge in [-0.25, -0.2) is 8.78 Å². The summed E-state index contributed by atoms with van der Waals surface area (Å²) in [7, 11) is 0. The Balaban J connectivity index is 3.27. The van der Waals surface area contributed by atoms with Crippen LogP contribution in [0.3, 0.4) is 0 Å². The summed E-state index contributed by atoms with van der Waals surface area (Å²) in [5.41, 5.74) is -1.08. The summed E-state index contributed by atoms with van der Waals surface area (Å²) >= 11 is 2.60. The zero-order valence-corrected chi connectivity index (χ0v) is 10.0. The van der Waals surface area contributed by atoms with Crippen molar-refractivity contribution in [2.75, 3.05) is 0 Å². The lowest BCUT2D eigenvalue weighted by Gasteiger charge is -2.14. The van der Waals surface area contributed by atoms with Gasteiger partial charge in [0.15, 0.2) is 5.75 Å². The molecule has 98 valence electrons. The van der Waals surface area contributed by atoms with E-state index in [1.54, 1.807) is 6.07 Å². The highest BCUT2D eigenvalue weighted by Crippen LogP contribution is 2.38. The third-order valence-electron chi connectivity index (χ3n) is 1.79. The lowest BCUT2D eigenvalue weighted by molar-refractivity contribution is -0.275. The number of rotatable bonds is 3. The molecule has 9 heteroatoms. The van der Waals surface area contributed by atoms with Gasteiger partial charge >= 0.3 is 6.36 Å². The highest BCUT2D eigenvalue weighted by Gasteiger charge is 2.33. The summed E-state index contributed by atoms with van der Waals surface area (Å²) in [4.78, 5) is 3.38. The number of ether oxygens (including phenoxy) is 1. The average molecular weight is 331 g/mol. The first-order valence-electron chi connectivity index (χ1n) is 4.34. The van der Waals surface area contributed by atoms with Gasteiger partial charge in [-0.05, 0) is 15.9 Å². The van der Waals surface area contributed by atoms with E-state index in [-0.39, 0.29) is 5.69 Å². The summed E-state index contributed by atoms with van der Waals surface area (Å²) in [6, 6.07) is 1.59. The summed E-state index contributed by atoms with van der Waals surface area (Å²) < 4.78 is 64.4. The molecule has 3 nitrogen and oxygen atoms in total. The van der Waals surface area contributed by atoms with E-state index in [9.17, 15) is 22.0 Å². The number of alkyl halides is 5. The zero-order chi connectivity index (χ0) is 13.9. The molecule has 1 aromatic rings. The van der Waals surface area contributed by atoms with Gasteiger partial charge in [0.05, 0.1) is 34.4 Å². The highest BCUT2D eigenvalue weighted by atomic mass is 79.9. The second kappa shape index (κ2) is 5.48. The van der Waals surface area contributed by atoms with Gasteiger partial charge in [-0.15, -0.1) is 13.2 Å². The first-order chi connectivity index (χ1) is 8.26. The van der Waals surface area contributed by atoms with E-state index < -0.39 is 35.0 Å². The van der Waals surface area contributed by atoms with Crippen molar-refractivity contribution in [3.8, 4) is 11.8 Å². The van der Waals surface area contributed by atoms with Crippen LogP contribution >= 0.6 is 15.9 Å². The Kier molecular flexibility index (Phi) is 4.45. The van der Waals surface area contributed by atoms with Crippen molar-refractivity contribution in [1.82, 2.24) is 4.98 Å². The van der Waals surface area contributed by atoms with Crippen molar-refractivity contribution in [1.29, 1.82) is 5.26 Å². The fraction of sp³-hybridized carbons (Fsp3) is 0.333. The van der Waals surface area contributed by atoms with E-state index >= 15 is 0 Å². The van der Waals surface area contributed by atoms with Crippen LogP contribution in [0.4, 0.5) is 22.0 Å². The largest absolute Gasteiger partial charge is 0.573 e. The molecule has 0 aromatic carbocycles. The standard InChI is InChI=1S/C9H4BrF5N2O/c10-7-5(18-9(13,14)15)3-17-4(1-2-16)6(7)8(11)12/h3,8H,1H2. The Morgan fingerprint density at radius 1 is 1.44 bits per heavy atom. The molecular formula is C9H4BrF5N2O. The van der Waals surface area contributed by atoms with E-state index in [2.05, 4.69) is 25.7 Å². The second-order valence-corrected chi connectivity index (χ2v) is 3.77. The molecule has 0 radical (unpaired) electrons. The predicted molar refractivity (Wildman–Crippen MR) is 52.9 cm³/mol. The molecule has 0 aliphatic heterocycles. The molecule has 0 bridgehead atoms. The minimum Gasteiger partial charge on any atom is -0.403 e. The number of hydrogen-bond acceptors (Lipinski definition) is 3. The molecule has 0 unspecified atom stereocenters. The molecule has 0 fully saturated rings. The van der Waals surface area contributed by atoms with Gasteiger partial charge < -0.3 is 4.74 Å². The van der Waals surface area contributed by atoms with Crippen LogP contribution in [-0.4, -0.2) is 11.3 Å². The molecule has 1 rings (SSSR count). The summed E-state index contributed by atoms with van der Waals surface area (Å²) in [5.74, 6) is -0.875. The molecule has 1 aromatic heterocycles. The summed E-state index contributed by atoms with van der Waals surface area (Å²) in [5, 5.41) is 8.41. The monoisotopic (exact) mass is 330 g/mol.